The van der Waals surface area contributed by atoms with E-state index in [4.69, 9.17) is 10.2 Å². The molecule has 9 nitrogen and oxygen atoms in total. The van der Waals surface area contributed by atoms with E-state index in [0.29, 0.717) is 0 Å². The van der Waals surface area contributed by atoms with Crippen LogP contribution in [0.4, 0.5) is 4.79 Å². The second-order valence-electron chi connectivity index (χ2n) is 5.23. The van der Waals surface area contributed by atoms with Gasteiger partial charge in [-0.2, -0.15) is 0 Å². The number of aliphatic hydroxyl groups excluding tert-OH is 1. The van der Waals surface area contributed by atoms with Crippen LogP contribution >= 0.6 is 0 Å². The molecule has 9 heteroatoms. The van der Waals surface area contributed by atoms with Crippen LogP contribution in [0.15, 0.2) is 0 Å². The lowest BCUT2D eigenvalue weighted by Gasteiger charge is -2.17. The Labute approximate surface area is 121 Å². The maximum Gasteiger partial charge on any atom is 0.326 e. The van der Waals surface area contributed by atoms with Gasteiger partial charge in [-0.3, -0.25) is 14.5 Å². The molecule has 1 aliphatic heterocycles. The van der Waals surface area contributed by atoms with Crippen LogP contribution in [0, 0.1) is 0 Å². The molecule has 0 aliphatic carbocycles. The van der Waals surface area contributed by atoms with Crippen LogP contribution < -0.4 is 10.6 Å². The molecule has 0 aromatic heterocycles. The summed E-state index contributed by atoms with van der Waals surface area (Å²) in [7, 11) is 0. The highest BCUT2D eigenvalue weighted by Gasteiger charge is 2.44. The molecule has 1 atom stereocenters. The molecule has 1 saturated heterocycles. The summed E-state index contributed by atoms with van der Waals surface area (Å²) in [6.45, 7) is 2.59. The van der Waals surface area contributed by atoms with E-state index in [-0.39, 0.29) is 26.0 Å². The van der Waals surface area contributed by atoms with Gasteiger partial charge in [0.1, 0.15) is 11.6 Å². The molecule has 1 unspecified atom stereocenters. The SMILES string of the molecule is CC1(C)NC(=O)N(CCC(=O)NC(CCO)C(=O)O)C1=O. The van der Waals surface area contributed by atoms with Crippen molar-refractivity contribution in [3.63, 3.8) is 0 Å². The van der Waals surface area contributed by atoms with E-state index in [0.717, 1.165) is 4.90 Å². The zero-order chi connectivity index (χ0) is 16.2. The van der Waals surface area contributed by atoms with Crippen molar-refractivity contribution >= 4 is 23.8 Å². The van der Waals surface area contributed by atoms with Gasteiger partial charge in [-0.05, 0) is 13.8 Å². The van der Waals surface area contributed by atoms with Gasteiger partial charge in [-0.25, -0.2) is 9.59 Å². The largest absolute Gasteiger partial charge is 0.480 e. The van der Waals surface area contributed by atoms with Gasteiger partial charge in [0.2, 0.25) is 5.91 Å². The Bertz CT molecular complexity index is 462. The number of aliphatic carboxylic acids is 1. The monoisotopic (exact) mass is 301 g/mol. The third-order valence-corrected chi connectivity index (χ3v) is 3.06. The van der Waals surface area contributed by atoms with E-state index in [1.54, 1.807) is 13.8 Å². The van der Waals surface area contributed by atoms with Gasteiger partial charge in [-0.1, -0.05) is 0 Å². The fraction of sp³-hybridized carbons (Fsp3) is 0.667. The number of carbonyl (C=O) groups is 4. The number of aliphatic hydroxyl groups is 1. The number of urea groups is 1. The first-order valence-corrected chi connectivity index (χ1v) is 6.46. The number of hydrogen-bond donors (Lipinski definition) is 4. The molecule has 4 N–H and O–H groups in total. The Kier molecular flexibility index (Phi) is 5.25. The van der Waals surface area contributed by atoms with Gasteiger partial charge in [0.05, 0.1) is 0 Å². The van der Waals surface area contributed by atoms with E-state index in [1.807, 2.05) is 0 Å². The second kappa shape index (κ2) is 6.53. The molecular formula is C12H19N3O6. The summed E-state index contributed by atoms with van der Waals surface area (Å²) in [4.78, 5) is 46.8. The van der Waals surface area contributed by atoms with Gasteiger partial charge in [0.15, 0.2) is 0 Å². The third-order valence-electron chi connectivity index (χ3n) is 3.06. The lowest BCUT2D eigenvalue weighted by Crippen LogP contribution is -2.43. The minimum absolute atomic E-state index is 0.114. The summed E-state index contributed by atoms with van der Waals surface area (Å²) < 4.78 is 0. The van der Waals surface area contributed by atoms with Crippen LogP contribution in [0.25, 0.3) is 0 Å². The van der Waals surface area contributed by atoms with E-state index in [1.165, 1.54) is 0 Å². The molecule has 0 aromatic carbocycles. The molecule has 1 rings (SSSR count). The van der Waals surface area contributed by atoms with Crippen molar-refractivity contribution in [2.75, 3.05) is 13.2 Å². The maximum atomic E-state index is 11.9. The van der Waals surface area contributed by atoms with Gasteiger partial charge >= 0.3 is 12.0 Å². The molecule has 1 aliphatic rings. The van der Waals surface area contributed by atoms with E-state index in [2.05, 4.69) is 10.6 Å². The number of carbonyl (C=O) groups excluding carboxylic acids is 3. The molecule has 0 bridgehead atoms. The molecule has 1 fully saturated rings. The average Bonchev–Trinajstić information content (AvgIpc) is 2.56. The molecule has 118 valence electrons. The van der Waals surface area contributed by atoms with Gasteiger partial charge in [-0.15, -0.1) is 0 Å². The van der Waals surface area contributed by atoms with Gasteiger partial charge < -0.3 is 20.8 Å². The van der Waals surface area contributed by atoms with Gasteiger partial charge in [0, 0.05) is 26.0 Å². The highest BCUT2D eigenvalue weighted by atomic mass is 16.4. The number of carboxylic acids is 1. The number of rotatable bonds is 7. The lowest BCUT2D eigenvalue weighted by molar-refractivity contribution is -0.142. The van der Waals surface area contributed by atoms with Gasteiger partial charge in [0.25, 0.3) is 5.91 Å². The highest BCUT2D eigenvalue weighted by molar-refractivity contribution is 6.06. The Morgan fingerprint density at radius 1 is 1.38 bits per heavy atom. The molecule has 4 amide bonds. The van der Waals surface area contributed by atoms with Crippen molar-refractivity contribution < 1.29 is 29.4 Å². The van der Waals surface area contributed by atoms with Crippen LogP contribution in [0.2, 0.25) is 0 Å². The highest BCUT2D eigenvalue weighted by Crippen LogP contribution is 2.16. The summed E-state index contributed by atoms with van der Waals surface area (Å²) >= 11 is 0. The molecule has 0 radical (unpaired) electrons. The molecule has 0 spiro atoms. The van der Waals surface area contributed by atoms with Crippen LogP contribution in [0.1, 0.15) is 26.7 Å². The number of nitrogens with zero attached hydrogens (tertiary/aromatic N) is 1. The minimum atomic E-state index is -1.26. The standard InChI is InChI=1S/C12H19N3O6/c1-12(2)10(20)15(11(21)14-12)5-3-8(17)13-7(4-6-16)9(18)19/h7,16H,3-6H2,1-2H3,(H,13,17)(H,14,21)(H,18,19). The van der Waals surface area contributed by atoms with Crippen molar-refractivity contribution in [3.8, 4) is 0 Å². The molecule has 21 heavy (non-hydrogen) atoms. The van der Waals surface area contributed by atoms with Crippen LogP contribution in [0.5, 0.6) is 0 Å². The quantitative estimate of drug-likeness (QED) is 0.430. The number of hydrogen-bond acceptors (Lipinski definition) is 5. The lowest BCUT2D eigenvalue weighted by atomic mass is 10.1. The summed E-state index contributed by atoms with van der Waals surface area (Å²) in [5.41, 5.74) is -1.01. The zero-order valence-electron chi connectivity index (χ0n) is 11.9. The number of amides is 4. The van der Waals surface area contributed by atoms with Crippen molar-refractivity contribution in [2.45, 2.75) is 38.3 Å². The maximum absolute atomic E-state index is 11.9. The third kappa shape index (κ3) is 4.15. The Hall–Kier alpha value is -2.16. The van der Waals surface area contributed by atoms with Crippen LogP contribution in [-0.2, 0) is 14.4 Å². The van der Waals surface area contributed by atoms with Crippen molar-refractivity contribution in [2.24, 2.45) is 0 Å². The Morgan fingerprint density at radius 2 is 2.00 bits per heavy atom. The summed E-state index contributed by atoms with van der Waals surface area (Å²) in [6, 6.07) is -1.77. The smallest absolute Gasteiger partial charge is 0.326 e. The summed E-state index contributed by atoms with van der Waals surface area (Å²) in [5, 5.41) is 22.2. The number of nitrogens with one attached hydrogen (secondary N) is 2. The number of carboxylic acid groups (broad SMARTS) is 1. The first-order chi connectivity index (χ1) is 9.69. The molecule has 0 saturated carbocycles. The number of imide groups is 1. The van der Waals surface area contributed by atoms with E-state index >= 15 is 0 Å². The molecule has 0 aromatic rings. The van der Waals surface area contributed by atoms with E-state index < -0.39 is 35.4 Å². The second-order valence-corrected chi connectivity index (χ2v) is 5.23. The first-order valence-electron chi connectivity index (χ1n) is 6.46. The fourth-order valence-electron chi connectivity index (χ4n) is 1.89. The van der Waals surface area contributed by atoms with Crippen LogP contribution in [-0.4, -0.2) is 63.7 Å². The van der Waals surface area contributed by atoms with Crippen molar-refractivity contribution in [3.05, 3.63) is 0 Å². The topological polar surface area (TPSA) is 136 Å². The predicted octanol–water partition coefficient (Wildman–Crippen LogP) is -1.34. The normalized spacial score (nSPS) is 18.3. The Morgan fingerprint density at radius 3 is 2.43 bits per heavy atom. The Balaban J connectivity index is 2.52. The zero-order valence-corrected chi connectivity index (χ0v) is 11.9. The summed E-state index contributed by atoms with van der Waals surface area (Å²) in [5.74, 6) is -2.31. The van der Waals surface area contributed by atoms with Crippen LogP contribution in [0.3, 0.4) is 0 Å². The minimum Gasteiger partial charge on any atom is -0.480 e. The fourth-order valence-corrected chi connectivity index (χ4v) is 1.89. The van der Waals surface area contributed by atoms with Crippen molar-refractivity contribution in [1.82, 2.24) is 15.5 Å². The average molecular weight is 301 g/mol. The summed E-state index contributed by atoms with van der Waals surface area (Å²) in [6.07, 6.45) is -0.318. The van der Waals surface area contributed by atoms with Crippen molar-refractivity contribution in [1.29, 1.82) is 0 Å². The van der Waals surface area contributed by atoms with E-state index in [9.17, 15) is 19.2 Å². The predicted molar refractivity (Wildman–Crippen MR) is 70.2 cm³/mol. The first kappa shape index (κ1) is 16.9. The molecular weight excluding hydrogens is 282 g/mol. The molecule has 1 heterocycles.